The Morgan fingerprint density at radius 2 is 2.40 bits per heavy atom. The van der Waals surface area contributed by atoms with Gasteiger partial charge < -0.3 is 4.18 Å². The van der Waals surface area contributed by atoms with E-state index in [0.29, 0.717) is 0 Å². The van der Waals surface area contributed by atoms with Crippen LogP contribution in [-0.4, -0.2) is 23.2 Å². The number of hydrogen-bond donors (Lipinski definition) is 2. The standard InChI is InChI=1S/C3H4N2O4S/c6-10(7,8)9-3-1-2-4-5-3/h1-2H,(H,4,5)(H,6,7,8). The van der Waals surface area contributed by atoms with Crippen molar-refractivity contribution in [1.29, 1.82) is 0 Å². The molecule has 0 atom stereocenters. The van der Waals surface area contributed by atoms with Gasteiger partial charge in [0.25, 0.3) is 5.88 Å². The fourth-order valence-corrected chi connectivity index (χ4v) is 0.710. The lowest BCUT2D eigenvalue weighted by atomic mass is 10.7. The predicted octanol–water partition coefficient (Wildman–Crippen LogP) is -0.409. The quantitative estimate of drug-likeness (QED) is 0.580. The lowest BCUT2D eigenvalue weighted by molar-refractivity contribution is 0.380. The van der Waals surface area contributed by atoms with E-state index in [1.165, 1.54) is 12.3 Å². The molecule has 1 aromatic heterocycles. The van der Waals surface area contributed by atoms with Gasteiger partial charge >= 0.3 is 10.4 Å². The van der Waals surface area contributed by atoms with Crippen molar-refractivity contribution in [3.05, 3.63) is 12.3 Å². The van der Waals surface area contributed by atoms with Gasteiger partial charge in [0.05, 0.1) is 0 Å². The molecule has 0 unspecified atom stereocenters. The highest BCUT2D eigenvalue weighted by atomic mass is 32.3. The molecule has 0 saturated heterocycles. The van der Waals surface area contributed by atoms with Crippen LogP contribution in [-0.2, 0) is 10.4 Å². The summed E-state index contributed by atoms with van der Waals surface area (Å²) in [5.41, 5.74) is 0. The van der Waals surface area contributed by atoms with Crippen LogP contribution in [0.25, 0.3) is 0 Å². The third-order valence-corrected chi connectivity index (χ3v) is 1.05. The molecule has 0 aromatic carbocycles. The fourth-order valence-electron chi connectivity index (χ4n) is 0.401. The van der Waals surface area contributed by atoms with Gasteiger partial charge in [-0.2, -0.15) is 8.42 Å². The normalized spacial score (nSPS) is 11.3. The van der Waals surface area contributed by atoms with Crippen molar-refractivity contribution in [2.75, 3.05) is 0 Å². The van der Waals surface area contributed by atoms with Gasteiger partial charge in [-0.3, -0.25) is 9.65 Å². The number of H-pyrrole nitrogens is 1. The highest BCUT2D eigenvalue weighted by molar-refractivity contribution is 7.81. The molecule has 0 amide bonds. The fraction of sp³-hybridized carbons (Fsp3) is 0. The zero-order valence-corrected chi connectivity index (χ0v) is 5.50. The summed E-state index contributed by atoms with van der Waals surface area (Å²) in [6, 6.07) is 1.26. The molecule has 0 radical (unpaired) electrons. The molecule has 2 N–H and O–H groups in total. The van der Waals surface area contributed by atoms with Crippen LogP contribution in [0.4, 0.5) is 0 Å². The SMILES string of the molecule is O=S(=O)(O)Oc1cc[nH]n1. The maximum Gasteiger partial charge on any atom is 0.448 e. The average molecular weight is 164 g/mol. The summed E-state index contributed by atoms with van der Waals surface area (Å²) in [6.07, 6.45) is 1.36. The Morgan fingerprint density at radius 3 is 2.80 bits per heavy atom. The monoisotopic (exact) mass is 164 g/mol. The number of hydrogen-bond acceptors (Lipinski definition) is 4. The molecule has 0 spiro atoms. The first-order chi connectivity index (χ1) is 4.58. The van der Waals surface area contributed by atoms with E-state index in [0.717, 1.165) is 0 Å². The van der Waals surface area contributed by atoms with Crippen LogP contribution >= 0.6 is 0 Å². The van der Waals surface area contributed by atoms with E-state index in [2.05, 4.69) is 14.4 Å². The molecule has 0 aliphatic carbocycles. The number of aromatic nitrogens is 2. The molecule has 7 heteroatoms. The van der Waals surface area contributed by atoms with Crippen LogP contribution in [0.15, 0.2) is 12.3 Å². The van der Waals surface area contributed by atoms with E-state index in [9.17, 15) is 8.42 Å². The van der Waals surface area contributed by atoms with E-state index >= 15 is 0 Å². The summed E-state index contributed by atoms with van der Waals surface area (Å²) in [5.74, 6) is -0.192. The summed E-state index contributed by atoms with van der Waals surface area (Å²) in [7, 11) is -4.43. The molecule has 0 bridgehead atoms. The third-order valence-electron chi connectivity index (χ3n) is 0.666. The smallest absolute Gasteiger partial charge is 0.339 e. The Balaban J connectivity index is 2.75. The van der Waals surface area contributed by atoms with Gasteiger partial charge in [0.1, 0.15) is 0 Å². The van der Waals surface area contributed by atoms with Gasteiger partial charge in [0.15, 0.2) is 0 Å². The highest BCUT2D eigenvalue weighted by Gasteiger charge is 2.06. The summed E-state index contributed by atoms with van der Waals surface area (Å²) in [4.78, 5) is 0. The van der Waals surface area contributed by atoms with Gasteiger partial charge in [-0.25, -0.2) is 0 Å². The van der Waals surface area contributed by atoms with Gasteiger partial charge in [0.2, 0.25) is 0 Å². The average Bonchev–Trinajstić information content (AvgIpc) is 2.12. The van der Waals surface area contributed by atoms with Crippen molar-refractivity contribution in [2.24, 2.45) is 0 Å². The molecule has 56 valence electrons. The van der Waals surface area contributed by atoms with Crippen molar-refractivity contribution >= 4 is 10.4 Å². The third kappa shape index (κ3) is 2.03. The molecule has 0 saturated carbocycles. The van der Waals surface area contributed by atoms with Crippen LogP contribution in [0.5, 0.6) is 5.88 Å². The van der Waals surface area contributed by atoms with E-state index in [1.54, 1.807) is 0 Å². The largest absolute Gasteiger partial charge is 0.448 e. The van der Waals surface area contributed by atoms with Crippen LogP contribution in [0.1, 0.15) is 0 Å². The second-order valence-corrected chi connectivity index (χ2v) is 2.45. The van der Waals surface area contributed by atoms with E-state index in [4.69, 9.17) is 4.55 Å². The summed E-state index contributed by atoms with van der Waals surface area (Å²) in [5, 5.41) is 5.62. The van der Waals surface area contributed by atoms with Crippen molar-refractivity contribution in [2.45, 2.75) is 0 Å². The molecule has 6 nitrogen and oxygen atoms in total. The Hall–Kier alpha value is -1.08. The minimum Gasteiger partial charge on any atom is -0.339 e. The van der Waals surface area contributed by atoms with E-state index < -0.39 is 10.4 Å². The van der Waals surface area contributed by atoms with Crippen molar-refractivity contribution < 1.29 is 17.2 Å². The molecule has 1 heterocycles. The summed E-state index contributed by atoms with van der Waals surface area (Å²) in [6.45, 7) is 0. The molecule has 1 aromatic rings. The number of rotatable bonds is 2. The van der Waals surface area contributed by atoms with Gasteiger partial charge in [0, 0.05) is 12.3 Å². The number of nitrogens with zero attached hydrogens (tertiary/aromatic N) is 1. The van der Waals surface area contributed by atoms with Crippen molar-refractivity contribution in [3.8, 4) is 5.88 Å². The predicted molar refractivity (Wildman–Crippen MR) is 30.8 cm³/mol. The van der Waals surface area contributed by atoms with Gasteiger partial charge in [-0.15, -0.1) is 5.10 Å². The molecule has 0 aliphatic rings. The first-order valence-electron chi connectivity index (χ1n) is 2.24. The van der Waals surface area contributed by atoms with Crippen LogP contribution < -0.4 is 4.18 Å². The molecule has 0 aliphatic heterocycles. The Bertz CT molecular complexity index is 288. The highest BCUT2D eigenvalue weighted by Crippen LogP contribution is 2.03. The summed E-state index contributed by atoms with van der Waals surface area (Å²) >= 11 is 0. The lowest BCUT2D eigenvalue weighted by Gasteiger charge is -1.92. The maximum atomic E-state index is 9.98. The molecular weight excluding hydrogens is 160 g/mol. The Kier molecular flexibility index (Phi) is 1.60. The minimum atomic E-state index is -4.43. The second-order valence-electron chi connectivity index (χ2n) is 1.42. The van der Waals surface area contributed by atoms with Crippen LogP contribution in [0, 0.1) is 0 Å². The first-order valence-corrected chi connectivity index (χ1v) is 3.61. The maximum absolute atomic E-state index is 9.98. The number of aromatic amines is 1. The molecule has 0 fully saturated rings. The van der Waals surface area contributed by atoms with E-state index in [-0.39, 0.29) is 5.88 Å². The van der Waals surface area contributed by atoms with Gasteiger partial charge in [-0.05, 0) is 0 Å². The second kappa shape index (κ2) is 2.27. The van der Waals surface area contributed by atoms with E-state index in [1.807, 2.05) is 0 Å². The zero-order valence-electron chi connectivity index (χ0n) is 4.68. The molecule has 1 rings (SSSR count). The Labute approximate surface area is 56.8 Å². The van der Waals surface area contributed by atoms with Crippen LogP contribution in [0.3, 0.4) is 0 Å². The van der Waals surface area contributed by atoms with Crippen molar-refractivity contribution in [3.63, 3.8) is 0 Å². The summed E-state index contributed by atoms with van der Waals surface area (Å²) < 4.78 is 32.0. The molecular formula is C3H4N2O4S. The van der Waals surface area contributed by atoms with Crippen LogP contribution in [0.2, 0.25) is 0 Å². The Morgan fingerprint density at radius 1 is 1.70 bits per heavy atom. The topological polar surface area (TPSA) is 92.3 Å². The lowest BCUT2D eigenvalue weighted by Crippen LogP contribution is -2.06. The minimum absolute atomic E-state index is 0.192. The van der Waals surface area contributed by atoms with Gasteiger partial charge in [-0.1, -0.05) is 0 Å². The first kappa shape index (κ1) is 7.03. The van der Waals surface area contributed by atoms with Crippen molar-refractivity contribution in [1.82, 2.24) is 10.2 Å². The number of nitrogens with one attached hydrogen (secondary N) is 1. The molecule has 10 heavy (non-hydrogen) atoms. The zero-order chi connectivity index (χ0) is 7.61.